The maximum absolute atomic E-state index is 13.5. The van der Waals surface area contributed by atoms with Crippen LogP contribution in [0.1, 0.15) is 81.2 Å². The first-order chi connectivity index (χ1) is 22.0. The third-order valence-corrected chi connectivity index (χ3v) is 9.29. The van der Waals surface area contributed by atoms with Gasteiger partial charge in [0.15, 0.2) is 11.8 Å². The van der Waals surface area contributed by atoms with Gasteiger partial charge in [-0.1, -0.05) is 67.5 Å². The minimum absolute atomic E-state index is 0.179. The van der Waals surface area contributed by atoms with Crippen LogP contribution in [-0.4, -0.2) is 28.2 Å². The third kappa shape index (κ3) is 6.44. The molecule has 0 aromatic heterocycles. The summed E-state index contributed by atoms with van der Waals surface area (Å²) in [6, 6.07) is 21.7. The Hall–Kier alpha value is -4.44. The Labute approximate surface area is 275 Å². The van der Waals surface area contributed by atoms with Gasteiger partial charge in [0, 0.05) is 58.8 Å². The summed E-state index contributed by atoms with van der Waals surface area (Å²) in [7, 11) is 0. The molecular formula is C42H48N2O2. The molecule has 3 aromatic rings. The number of aryl methyl sites for hydroxylation is 4. The van der Waals surface area contributed by atoms with Crippen LogP contribution in [0, 0.1) is 27.7 Å². The van der Waals surface area contributed by atoms with Gasteiger partial charge in [-0.05, 0) is 108 Å². The highest BCUT2D eigenvalue weighted by Gasteiger charge is 2.31. The normalized spacial score (nSPS) is 15.7. The summed E-state index contributed by atoms with van der Waals surface area (Å²) in [5, 5.41) is 13.5. The minimum atomic E-state index is -0.179. The second-order valence-corrected chi connectivity index (χ2v) is 13.1. The first kappa shape index (κ1) is 32.9. The highest BCUT2D eigenvalue weighted by molar-refractivity contribution is 6.39. The zero-order valence-corrected chi connectivity index (χ0v) is 28.8. The monoisotopic (exact) mass is 612 g/mol. The molecule has 2 aliphatic rings. The summed E-state index contributed by atoms with van der Waals surface area (Å²) in [4.78, 5) is 15.9. The molecule has 0 radical (unpaired) electrons. The second kappa shape index (κ2) is 13.9. The van der Waals surface area contributed by atoms with Crippen LogP contribution in [0.15, 0.2) is 102 Å². The van der Waals surface area contributed by atoms with E-state index in [9.17, 15) is 9.90 Å². The number of ketones is 1. The van der Waals surface area contributed by atoms with E-state index < -0.39 is 0 Å². The molecule has 238 valence electrons. The van der Waals surface area contributed by atoms with Crippen molar-refractivity contribution in [1.29, 1.82) is 0 Å². The van der Waals surface area contributed by atoms with Crippen molar-refractivity contribution in [1.82, 2.24) is 0 Å². The Morgan fingerprint density at radius 3 is 1.91 bits per heavy atom. The van der Waals surface area contributed by atoms with Crippen LogP contribution >= 0.6 is 0 Å². The van der Waals surface area contributed by atoms with Gasteiger partial charge in [0.25, 0.3) is 0 Å². The molecule has 2 atom stereocenters. The number of Topliss-reactive ketones (excluding diaryl/α,β-unsaturated/α-hetero) is 1. The fourth-order valence-electron chi connectivity index (χ4n) is 7.00. The van der Waals surface area contributed by atoms with Crippen LogP contribution in [0.5, 0.6) is 0 Å². The molecule has 5 rings (SSSR count). The predicted molar refractivity (Wildman–Crippen MR) is 191 cm³/mol. The van der Waals surface area contributed by atoms with Crippen LogP contribution in [0.2, 0.25) is 0 Å². The number of carbonyl (C=O) groups is 1. The highest BCUT2D eigenvalue weighted by Crippen LogP contribution is 2.39. The standard InChI is InChI=1S/C42H48N2O2/c1-9-11-31(7)43(37-23-13-27(3)25-29(37)5)35-19-15-33(16-20-35)39-41(45)40(42(39)46)34-17-21-36(22-18-34)44(32(8)12-10-2)38-24-14-28(4)26-30(38)6/h13-26,31-32H,9-12H2,1-8H3. The minimum Gasteiger partial charge on any atom is -0.871 e. The number of nitrogens with zero attached hydrogens (tertiary/aromatic N) is 2. The van der Waals surface area contributed by atoms with Crippen molar-refractivity contribution >= 4 is 34.1 Å². The average Bonchev–Trinajstić information content (AvgIpc) is 3.01. The molecule has 0 spiro atoms. The molecule has 46 heavy (non-hydrogen) atoms. The Morgan fingerprint density at radius 2 is 1.35 bits per heavy atom. The molecule has 0 saturated carbocycles. The molecule has 0 bridgehead atoms. The Balaban J connectivity index is 1.45. The lowest BCUT2D eigenvalue weighted by atomic mass is 9.80. The van der Waals surface area contributed by atoms with Gasteiger partial charge in [0.1, 0.15) is 0 Å². The smallest absolute Gasteiger partial charge is 0.208 e. The number of anilines is 2. The molecule has 0 saturated heterocycles. The van der Waals surface area contributed by atoms with E-state index in [-0.39, 0.29) is 22.7 Å². The van der Waals surface area contributed by atoms with Crippen molar-refractivity contribution in [2.45, 2.75) is 93.2 Å². The largest absolute Gasteiger partial charge is 0.871 e. The topological polar surface area (TPSA) is 46.4 Å². The zero-order valence-electron chi connectivity index (χ0n) is 28.8. The number of hydrogen-bond acceptors (Lipinski definition) is 3. The Bertz CT molecular complexity index is 1780. The number of rotatable bonds is 10. The zero-order chi connectivity index (χ0) is 33.1. The van der Waals surface area contributed by atoms with Crippen LogP contribution < -0.4 is 10.0 Å². The SMILES string of the molecule is CCCC(C)N(c1ccc(C2=C([O-])C(=C3C=CC(=[N+](c4ccc(C)cc4C)C(C)CCC)C=C3)C2=O)cc1)c1ccc(C)cc1C. The summed E-state index contributed by atoms with van der Waals surface area (Å²) < 4.78 is 2.37. The van der Waals surface area contributed by atoms with Crippen molar-refractivity contribution < 1.29 is 14.5 Å². The lowest BCUT2D eigenvalue weighted by Gasteiger charge is -2.34. The number of allylic oxidation sites excluding steroid dienone is 7. The van der Waals surface area contributed by atoms with E-state index in [0.717, 1.165) is 37.1 Å². The fraction of sp³-hybridized carbons (Fsp3) is 0.333. The Kier molecular flexibility index (Phi) is 9.96. The highest BCUT2D eigenvalue weighted by atomic mass is 16.3. The molecule has 2 aliphatic carbocycles. The molecule has 0 aliphatic heterocycles. The molecule has 4 nitrogen and oxygen atoms in total. The van der Waals surface area contributed by atoms with E-state index >= 15 is 0 Å². The van der Waals surface area contributed by atoms with Crippen LogP contribution in [0.3, 0.4) is 0 Å². The van der Waals surface area contributed by atoms with Crippen molar-refractivity contribution in [3.05, 3.63) is 130 Å². The van der Waals surface area contributed by atoms with Gasteiger partial charge in [-0.2, -0.15) is 4.58 Å². The molecule has 0 amide bonds. The number of carbonyl (C=O) groups excluding carboxylic acids is 1. The molecule has 4 heteroatoms. The van der Waals surface area contributed by atoms with E-state index in [1.165, 1.54) is 33.6 Å². The molecule has 2 unspecified atom stereocenters. The summed E-state index contributed by atoms with van der Waals surface area (Å²) in [5.41, 5.74) is 11.3. The number of hydrogen-bond donors (Lipinski definition) is 0. The van der Waals surface area contributed by atoms with E-state index in [1.807, 2.05) is 48.6 Å². The molecular weight excluding hydrogens is 564 g/mol. The van der Waals surface area contributed by atoms with Crippen molar-refractivity contribution in [3.8, 4) is 0 Å². The summed E-state index contributed by atoms with van der Waals surface area (Å²) >= 11 is 0. The average molecular weight is 613 g/mol. The fourth-order valence-corrected chi connectivity index (χ4v) is 7.00. The first-order valence-electron chi connectivity index (χ1n) is 16.8. The van der Waals surface area contributed by atoms with E-state index in [2.05, 4.69) is 101 Å². The van der Waals surface area contributed by atoms with E-state index in [1.54, 1.807) is 0 Å². The lowest BCUT2D eigenvalue weighted by Crippen LogP contribution is -2.31. The second-order valence-electron chi connectivity index (χ2n) is 13.1. The predicted octanol–water partition coefficient (Wildman–Crippen LogP) is 9.30. The van der Waals surface area contributed by atoms with Crippen molar-refractivity contribution in [2.75, 3.05) is 4.90 Å². The van der Waals surface area contributed by atoms with Gasteiger partial charge in [-0.25, -0.2) is 0 Å². The summed E-state index contributed by atoms with van der Waals surface area (Å²) in [6.45, 7) is 17.5. The molecule has 0 heterocycles. The van der Waals surface area contributed by atoms with Gasteiger partial charge in [0.05, 0.1) is 0 Å². The Morgan fingerprint density at radius 1 is 0.739 bits per heavy atom. The first-order valence-corrected chi connectivity index (χ1v) is 16.8. The molecule has 0 fully saturated rings. The van der Waals surface area contributed by atoms with Crippen LogP contribution in [0.25, 0.3) is 5.57 Å². The molecule has 3 aromatic carbocycles. The maximum atomic E-state index is 13.5. The molecule has 0 N–H and O–H groups in total. The van der Waals surface area contributed by atoms with Gasteiger partial charge >= 0.3 is 0 Å². The quantitative estimate of drug-likeness (QED) is 0.169. The summed E-state index contributed by atoms with van der Waals surface area (Å²) in [6.07, 6.45) is 12.2. The number of benzene rings is 3. The lowest BCUT2D eigenvalue weighted by molar-refractivity contribution is -0.480. The van der Waals surface area contributed by atoms with Gasteiger partial charge in [-0.3, -0.25) is 4.79 Å². The third-order valence-electron chi connectivity index (χ3n) is 9.29. The maximum Gasteiger partial charge on any atom is 0.208 e. The van der Waals surface area contributed by atoms with Gasteiger partial charge in [-0.15, -0.1) is 0 Å². The van der Waals surface area contributed by atoms with Gasteiger partial charge in [0.2, 0.25) is 11.4 Å². The van der Waals surface area contributed by atoms with Crippen molar-refractivity contribution in [2.24, 2.45) is 0 Å². The van der Waals surface area contributed by atoms with Crippen LogP contribution in [-0.2, 0) is 4.79 Å². The van der Waals surface area contributed by atoms with Crippen molar-refractivity contribution in [3.63, 3.8) is 0 Å². The summed E-state index contributed by atoms with van der Waals surface area (Å²) in [5.74, 6) is -0.358. The van der Waals surface area contributed by atoms with E-state index in [0.29, 0.717) is 23.2 Å². The van der Waals surface area contributed by atoms with E-state index in [4.69, 9.17) is 0 Å². The van der Waals surface area contributed by atoms with Gasteiger partial charge < -0.3 is 10.0 Å². The van der Waals surface area contributed by atoms with Crippen LogP contribution in [0.4, 0.5) is 17.1 Å².